The Morgan fingerprint density at radius 1 is 0.979 bits per heavy atom. The van der Waals surface area contributed by atoms with Gasteiger partial charge in [0.25, 0.3) is 0 Å². The number of hydrogen-bond acceptors (Lipinski definition) is 12. The maximum atomic E-state index is 13.9. The summed E-state index contributed by atoms with van der Waals surface area (Å²) in [5, 5.41) is 24.8. The topological polar surface area (TPSA) is 142 Å². The first kappa shape index (κ1) is 33.2. The molecule has 260 valence electrons. The number of esters is 2. The molecule has 0 amide bonds. The molecular formula is C35H49NO11. The van der Waals surface area contributed by atoms with Crippen LogP contribution >= 0.6 is 0 Å². The Morgan fingerprint density at radius 3 is 2.26 bits per heavy atom. The fraction of sp³-hybridized carbons (Fsp3) is 0.771. The lowest BCUT2D eigenvalue weighted by Crippen LogP contribution is -2.79. The number of aliphatic hydroxyl groups excluding tert-OH is 1. The Kier molecular flexibility index (Phi) is 8.02. The molecule has 6 aliphatic rings. The Balaban J connectivity index is 1.47. The van der Waals surface area contributed by atoms with Gasteiger partial charge in [0.2, 0.25) is 0 Å². The van der Waals surface area contributed by atoms with Crippen molar-refractivity contribution in [1.29, 1.82) is 0 Å². The van der Waals surface area contributed by atoms with Crippen molar-refractivity contribution in [1.82, 2.24) is 4.90 Å². The van der Waals surface area contributed by atoms with Crippen LogP contribution in [0.15, 0.2) is 24.3 Å². The summed E-state index contributed by atoms with van der Waals surface area (Å²) in [5.41, 5.74) is -3.89. The maximum Gasteiger partial charge on any atom is 0.338 e. The zero-order chi connectivity index (χ0) is 33.7. The van der Waals surface area contributed by atoms with Crippen molar-refractivity contribution < 1.29 is 53.0 Å². The van der Waals surface area contributed by atoms with E-state index >= 15 is 0 Å². The lowest BCUT2D eigenvalue weighted by Gasteiger charge is -2.70. The van der Waals surface area contributed by atoms with Crippen LogP contribution in [0.3, 0.4) is 0 Å². The van der Waals surface area contributed by atoms with Crippen molar-refractivity contribution in [3.8, 4) is 5.75 Å². The van der Waals surface area contributed by atoms with Gasteiger partial charge in [-0.2, -0.15) is 0 Å². The Hall–Kier alpha value is -2.32. The molecule has 7 rings (SSSR count). The van der Waals surface area contributed by atoms with E-state index in [-0.39, 0.29) is 30.7 Å². The molecule has 14 atom stereocenters. The molecule has 5 saturated carbocycles. The second-order valence-corrected chi connectivity index (χ2v) is 14.7. The second-order valence-electron chi connectivity index (χ2n) is 14.7. The summed E-state index contributed by atoms with van der Waals surface area (Å²) in [6.45, 7) is 5.04. The number of aliphatic hydroxyl groups is 2. The van der Waals surface area contributed by atoms with Gasteiger partial charge >= 0.3 is 11.9 Å². The normalized spacial score (nSPS) is 47.4. The smallest absolute Gasteiger partial charge is 0.338 e. The highest BCUT2D eigenvalue weighted by atomic mass is 16.6. The molecule has 1 spiro atoms. The molecular weight excluding hydrogens is 610 g/mol. The first-order valence-electron chi connectivity index (χ1n) is 16.7. The van der Waals surface area contributed by atoms with Crippen LogP contribution in [0.25, 0.3) is 0 Å². The zero-order valence-corrected chi connectivity index (χ0v) is 28.3. The molecule has 7 bridgehead atoms. The summed E-state index contributed by atoms with van der Waals surface area (Å²) in [6.07, 6.45) is -2.70. The van der Waals surface area contributed by atoms with Gasteiger partial charge in [-0.3, -0.25) is 9.69 Å². The van der Waals surface area contributed by atoms with E-state index in [1.807, 2.05) is 0 Å². The Bertz CT molecular complexity index is 1390. The molecule has 5 aliphatic carbocycles. The molecule has 6 fully saturated rings. The van der Waals surface area contributed by atoms with E-state index < -0.39 is 76.3 Å². The van der Waals surface area contributed by atoms with Crippen molar-refractivity contribution in [2.45, 2.75) is 80.9 Å². The number of rotatable bonds is 10. The minimum atomic E-state index is -1.58. The van der Waals surface area contributed by atoms with Crippen molar-refractivity contribution in [2.75, 3.05) is 55.2 Å². The number of fused-ring (bicyclic) bond motifs is 2. The van der Waals surface area contributed by atoms with Crippen LogP contribution in [0.5, 0.6) is 5.75 Å². The average Bonchev–Trinajstić information content (AvgIpc) is 3.43. The lowest BCUT2D eigenvalue weighted by molar-refractivity contribution is -0.300. The van der Waals surface area contributed by atoms with Crippen molar-refractivity contribution >= 4 is 11.9 Å². The fourth-order valence-corrected chi connectivity index (χ4v) is 12.4. The molecule has 1 aliphatic heterocycles. The van der Waals surface area contributed by atoms with Crippen molar-refractivity contribution in [3.05, 3.63) is 29.8 Å². The predicted molar refractivity (Wildman–Crippen MR) is 166 cm³/mol. The zero-order valence-electron chi connectivity index (χ0n) is 28.3. The van der Waals surface area contributed by atoms with Gasteiger partial charge in [-0.05, 0) is 43.1 Å². The van der Waals surface area contributed by atoms with Crippen LogP contribution in [0, 0.1) is 34.5 Å². The molecule has 12 heteroatoms. The van der Waals surface area contributed by atoms with Gasteiger partial charge < -0.3 is 43.4 Å². The van der Waals surface area contributed by atoms with E-state index in [2.05, 4.69) is 11.8 Å². The van der Waals surface area contributed by atoms with Crippen molar-refractivity contribution in [3.63, 3.8) is 0 Å². The number of benzene rings is 1. The van der Waals surface area contributed by atoms with E-state index in [4.69, 9.17) is 33.2 Å². The van der Waals surface area contributed by atoms with Crippen LogP contribution < -0.4 is 4.74 Å². The monoisotopic (exact) mass is 659 g/mol. The van der Waals surface area contributed by atoms with Gasteiger partial charge in [-0.15, -0.1) is 0 Å². The summed E-state index contributed by atoms with van der Waals surface area (Å²) in [7, 11) is 8.11. The van der Waals surface area contributed by atoms with E-state index in [1.165, 1.54) is 14.0 Å². The highest BCUT2D eigenvalue weighted by Crippen LogP contribution is 2.80. The predicted octanol–water partition coefficient (Wildman–Crippen LogP) is 1.69. The minimum Gasteiger partial charge on any atom is -0.497 e. The van der Waals surface area contributed by atoms with Crippen LogP contribution in [0.4, 0.5) is 0 Å². The molecule has 0 radical (unpaired) electrons. The third-order valence-corrected chi connectivity index (χ3v) is 13.4. The third-order valence-electron chi connectivity index (χ3n) is 13.4. The number of nitrogens with zero attached hydrogens (tertiary/aromatic N) is 1. The number of piperidine rings is 1. The summed E-state index contributed by atoms with van der Waals surface area (Å²) in [6, 6.07) is 6.44. The van der Waals surface area contributed by atoms with E-state index in [9.17, 15) is 19.8 Å². The molecule has 12 nitrogen and oxygen atoms in total. The third kappa shape index (κ3) is 4.00. The van der Waals surface area contributed by atoms with Crippen LogP contribution in [-0.2, 0) is 33.2 Å². The molecule has 47 heavy (non-hydrogen) atoms. The molecule has 1 saturated heterocycles. The minimum absolute atomic E-state index is 0.179. The molecule has 0 unspecified atom stereocenters. The average molecular weight is 660 g/mol. The summed E-state index contributed by atoms with van der Waals surface area (Å²) < 4.78 is 43.2. The summed E-state index contributed by atoms with van der Waals surface area (Å²) in [4.78, 5) is 29.5. The van der Waals surface area contributed by atoms with E-state index in [0.29, 0.717) is 37.4 Å². The van der Waals surface area contributed by atoms with E-state index in [1.54, 1.807) is 52.7 Å². The maximum absolute atomic E-state index is 13.9. The fourth-order valence-electron chi connectivity index (χ4n) is 12.4. The van der Waals surface area contributed by atoms with Crippen molar-refractivity contribution in [2.24, 2.45) is 34.5 Å². The number of carbonyl (C=O) groups excluding carboxylic acids is 2. The van der Waals surface area contributed by atoms with Crippen LogP contribution in [-0.4, -0.2) is 130 Å². The van der Waals surface area contributed by atoms with Gasteiger partial charge in [0.15, 0.2) is 0 Å². The number of hydrogen-bond donors (Lipinski definition) is 2. The largest absolute Gasteiger partial charge is 0.497 e. The molecule has 1 heterocycles. The van der Waals surface area contributed by atoms with E-state index in [0.717, 1.165) is 0 Å². The number of likely N-dealkylation sites (tertiary alicyclic amines) is 1. The van der Waals surface area contributed by atoms with Gasteiger partial charge in [0, 0.05) is 89.4 Å². The Morgan fingerprint density at radius 2 is 1.68 bits per heavy atom. The quantitative estimate of drug-likeness (QED) is 0.353. The number of methoxy groups -OCH3 is 5. The Labute approximate surface area is 275 Å². The van der Waals surface area contributed by atoms with Gasteiger partial charge in [-0.1, -0.05) is 6.92 Å². The van der Waals surface area contributed by atoms with Crippen LogP contribution in [0.1, 0.15) is 43.5 Å². The standard InChI is InChI=1S/C35H49NO11/c1-8-36-16-32(17-41-3)22(38)13-23(43-5)35-21-14-33(40)24(44-6)15-34(47-18(2)37,26(29(35)36)27(45-7)28(32)35)25(21)30(33)46-31(39)19-9-11-20(42-4)12-10-19/h9-12,21-30,38,40H,8,13-17H2,1-7H3/t21-,22-,23+,24+,25-,26+,27-,28-,29+,30-,32+,33-,34-,35+/m0/s1. The summed E-state index contributed by atoms with van der Waals surface area (Å²) >= 11 is 0. The molecule has 1 aromatic carbocycles. The van der Waals surface area contributed by atoms with Crippen LogP contribution in [0.2, 0.25) is 0 Å². The highest BCUT2D eigenvalue weighted by molar-refractivity contribution is 5.89. The first-order valence-corrected chi connectivity index (χ1v) is 16.7. The molecule has 1 aromatic rings. The SMILES string of the molecule is CCN1C[C@@]2(COC)[C@@H](O)C[C@@H](OC)[C@]34[C@H]5C[C@]6(O)[C@H](OC)C[C@](OC(C)=O)([C@@H]5[C@@H]6OC(=O)c5ccc(OC)cc5)[C@H]([C@H](OC)[C@@H]23)[C@@H]14. The number of carbonyl (C=O) groups is 2. The van der Waals surface area contributed by atoms with Gasteiger partial charge in [0.1, 0.15) is 23.1 Å². The van der Waals surface area contributed by atoms with Gasteiger partial charge in [0.05, 0.1) is 43.7 Å². The van der Waals surface area contributed by atoms with Gasteiger partial charge in [-0.25, -0.2) is 4.79 Å². The highest BCUT2D eigenvalue weighted by Gasteiger charge is 2.90. The molecule has 2 N–H and O–H groups in total. The summed E-state index contributed by atoms with van der Waals surface area (Å²) in [5.74, 6) is -2.10. The second kappa shape index (κ2) is 11.4. The first-order chi connectivity index (χ1) is 22.5. The number of ether oxygens (including phenoxy) is 7. The molecule has 0 aromatic heterocycles. The lowest BCUT2D eigenvalue weighted by atomic mass is 9.42.